The summed E-state index contributed by atoms with van der Waals surface area (Å²) in [6, 6.07) is 3.88. The van der Waals surface area contributed by atoms with Crippen LogP contribution in [-0.2, 0) is 4.74 Å². The number of carbonyl (C=O) groups is 1. The first-order chi connectivity index (χ1) is 11.8. The predicted molar refractivity (Wildman–Crippen MR) is 84.9 cm³/mol. The van der Waals surface area contributed by atoms with Gasteiger partial charge in [-0.15, -0.1) is 0 Å². The van der Waals surface area contributed by atoms with Crippen molar-refractivity contribution in [3.05, 3.63) is 41.9 Å². The van der Waals surface area contributed by atoms with Crippen molar-refractivity contribution in [2.45, 2.75) is 26.6 Å². The van der Waals surface area contributed by atoms with Gasteiger partial charge in [0.05, 0.1) is 24.7 Å². The number of phenols is 1. The minimum Gasteiger partial charge on any atom is -0.508 e. The highest BCUT2D eigenvalue weighted by Gasteiger charge is 2.13. The Morgan fingerprint density at radius 2 is 2.04 bits per heavy atom. The molecule has 1 heterocycles. The highest BCUT2D eigenvalue weighted by molar-refractivity contribution is 6.04. The first-order valence-corrected chi connectivity index (χ1v) is 7.34. The van der Waals surface area contributed by atoms with E-state index in [1.165, 1.54) is 37.5 Å². The van der Waals surface area contributed by atoms with E-state index in [0.717, 1.165) is 0 Å². The fourth-order valence-corrected chi connectivity index (χ4v) is 1.90. The zero-order chi connectivity index (χ0) is 18.4. The number of halogens is 2. The van der Waals surface area contributed by atoms with Crippen molar-refractivity contribution in [3.8, 4) is 11.5 Å². The van der Waals surface area contributed by atoms with E-state index < -0.39 is 18.6 Å². The molecule has 0 bridgehead atoms. The van der Waals surface area contributed by atoms with Gasteiger partial charge in [0.15, 0.2) is 5.82 Å². The van der Waals surface area contributed by atoms with Crippen molar-refractivity contribution in [2.24, 2.45) is 0 Å². The zero-order valence-corrected chi connectivity index (χ0v) is 13.6. The SMILES string of the molecule is Cc1cnc(NC(=O)c2cc(O)cc(O[C@@H](C)COC(F)F)c2)cn1. The third-order valence-electron chi connectivity index (χ3n) is 2.97. The summed E-state index contributed by atoms with van der Waals surface area (Å²) in [4.78, 5) is 20.2. The fourth-order valence-electron chi connectivity index (χ4n) is 1.90. The molecule has 9 heteroatoms. The maximum atomic E-state index is 12.2. The molecule has 2 rings (SSSR count). The fraction of sp³-hybridized carbons (Fsp3) is 0.312. The second-order valence-electron chi connectivity index (χ2n) is 5.24. The number of rotatable bonds is 7. The van der Waals surface area contributed by atoms with Crippen molar-refractivity contribution >= 4 is 11.7 Å². The van der Waals surface area contributed by atoms with Gasteiger partial charge in [0, 0.05) is 11.6 Å². The van der Waals surface area contributed by atoms with Crippen LogP contribution in [-0.4, -0.2) is 40.3 Å². The second kappa shape index (κ2) is 8.34. The van der Waals surface area contributed by atoms with E-state index in [-0.39, 0.29) is 29.5 Å². The average molecular weight is 353 g/mol. The molecule has 0 aliphatic rings. The second-order valence-corrected chi connectivity index (χ2v) is 5.24. The Morgan fingerprint density at radius 3 is 2.68 bits per heavy atom. The van der Waals surface area contributed by atoms with Crippen molar-refractivity contribution in [3.63, 3.8) is 0 Å². The molecule has 0 saturated heterocycles. The highest BCUT2D eigenvalue weighted by Crippen LogP contribution is 2.23. The first kappa shape index (κ1) is 18.5. The number of amides is 1. The lowest BCUT2D eigenvalue weighted by atomic mass is 10.2. The molecule has 0 saturated carbocycles. The number of alkyl halides is 2. The summed E-state index contributed by atoms with van der Waals surface area (Å²) in [7, 11) is 0. The van der Waals surface area contributed by atoms with Gasteiger partial charge < -0.3 is 19.9 Å². The minimum atomic E-state index is -2.90. The molecule has 134 valence electrons. The molecule has 0 radical (unpaired) electrons. The number of aromatic hydroxyl groups is 1. The average Bonchev–Trinajstić information content (AvgIpc) is 2.54. The predicted octanol–water partition coefficient (Wildman–Crippen LogP) is 2.75. The van der Waals surface area contributed by atoms with Crippen LogP contribution < -0.4 is 10.1 Å². The van der Waals surface area contributed by atoms with Gasteiger partial charge in [0.25, 0.3) is 5.91 Å². The molecule has 0 fully saturated rings. The van der Waals surface area contributed by atoms with Gasteiger partial charge in [-0.2, -0.15) is 8.78 Å². The quantitative estimate of drug-likeness (QED) is 0.795. The lowest BCUT2D eigenvalue weighted by molar-refractivity contribution is -0.142. The van der Waals surface area contributed by atoms with E-state index >= 15 is 0 Å². The van der Waals surface area contributed by atoms with Crippen LogP contribution in [0.1, 0.15) is 23.0 Å². The normalized spacial score (nSPS) is 12.0. The van der Waals surface area contributed by atoms with Crippen LogP contribution in [0.2, 0.25) is 0 Å². The lowest BCUT2D eigenvalue weighted by Gasteiger charge is -2.15. The molecule has 25 heavy (non-hydrogen) atoms. The standard InChI is InChI=1S/C16H17F2N3O4/c1-9-6-20-14(7-19-9)21-15(23)11-3-12(22)5-13(4-11)25-10(2)8-24-16(17)18/h3-7,10,16,22H,8H2,1-2H3,(H,20,21,23)/t10-/m0/s1. The maximum Gasteiger partial charge on any atom is 0.345 e. The summed E-state index contributed by atoms with van der Waals surface area (Å²) in [6.07, 6.45) is 2.20. The molecular formula is C16H17F2N3O4. The molecule has 2 N–H and O–H groups in total. The summed E-state index contributed by atoms with van der Waals surface area (Å²) in [5.41, 5.74) is 0.811. The smallest absolute Gasteiger partial charge is 0.345 e. The van der Waals surface area contributed by atoms with Gasteiger partial charge in [-0.1, -0.05) is 0 Å². The summed E-state index contributed by atoms with van der Waals surface area (Å²) < 4.78 is 33.6. The van der Waals surface area contributed by atoms with Crippen molar-refractivity contribution in [2.75, 3.05) is 11.9 Å². The van der Waals surface area contributed by atoms with E-state index in [2.05, 4.69) is 20.0 Å². The Kier molecular flexibility index (Phi) is 6.18. The van der Waals surface area contributed by atoms with Crippen LogP contribution in [0.25, 0.3) is 0 Å². The minimum absolute atomic E-state index is 0.111. The summed E-state index contributed by atoms with van der Waals surface area (Å²) in [5.74, 6) is -0.347. The molecule has 0 aliphatic heterocycles. The topological polar surface area (TPSA) is 93.6 Å². The molecule has 1 aromatic heterocycles. The van der Waals surface area contributed by atoms with Crippen molar-refractivity contribution < 1.29 is 28.2 Å². The molecule has 0 unspecified atom stereocenters. The Balaban J connectivity index is 2.06. The Bertz CT molecular complexity index is 726. The summed E-state index contributed by atoms with van der Waals surface area (Å²) in [6.45, 7) is 0.0466. The number of nitrogens with zero attached hydrogens (tertiary/aromatic N) is 2. The van der Waals surface area contributed by atoms with Crippen LogP contribution >= 0.6 is 0 Å². The molecule has 0 aliphatic carbocycles. The maximum absolute atomic E-state index is 12.2. The van der Waals surface area contributed by atoms with E-state index in [1.54, 1.807) is 6.92 Å². The van der Waals surface area contributed by atoms with Gasteiger partial charge in [-0.3, -0.25) is 9.78 Å². The largest absolute Gasteiger partial charge is 0.508 e. The van der Waals surface area contributed by atoms with Crippen LogP contribution in [0.4, 0.5) is 14.6 Å². The molecule has 0 spiro atoms. The van der Waals surface area contributed by atoms with Gasteiger partial charge in [0.2, 0.25) is 0 Å². The van der Waals surface area contributed by atoms with Gasteiger partial charge in [0.1, 0.15) is 17.6 Å². The molecular weight excluding hydrogens is 336 g/mol. The summed E-state index contributed by atoms with van der Waals surface area (Å²) in [5, 5.41) is 12.3. The van der Waals surface area contributed by atoms with E-state index in [9.17, 15) is 18.7 Å². The van der Waals surface area contributed by atoms with E-state index in [4.69, 9.17) is 4.74 Å². The van der Waals surface area contributed by atoms with Gasteiger partial charge in [-0.05, 0) is 26.0 Å². The van der Waals surface area contributed by atoms with Crippen molar-refractivity contribution in [1.29, 1.82) is 0 Å². The number of hydrogen-bond donors (Lipinski definition) is 2. The van der Waals surface area contributed by atoms with E-state index in [1.807, 2.05) is 0 Å². The summed E-state index contributed by atoms with van der Waals surface area (Å²) >= 11 is 0. The third kappa shape index (κ3) is 5.96. The molecule has 2 aromatic rings. The number of nitrogens with one attached hydrogen (secondary N) is 1. The molecule has 1 amide bonds. The van der Waals surface area contributed by atoms with Crippen LogP contribution in [0, 0.1) is 6.92 Å². The van der Waals surface area contributed by atoms with Crippen LogP contribution in [0.15, 0.2) is 30.6 Å². The third-order valence-corrected chi connectivity index (χ3v) is 2.97. The monoisotopic (exact) mass is 353 g/mol. The van der Waals surface area contributed by atoms with Crippen LogP contribution in [0.5, 0.6) is 11.5 Å². The number of anilines is 1. The highest BCUT2D eigenvalue weighted by atomic mass is 19.3. The number of aromatic nitrogens is 2. The number of aryl methyl sites for hydroxylation is 1. The Labute approximate surface area is 142 Å². The number of hydrogen-bond acceptors (Lipinski definition) is 6. The van der Waals surface area contributed by atoms with Gasteiger partial charge in [-0.25, -0.2) is 4.98 Å². The Hall–Kier alpha value is -2.81. The lowest BCUT2D eigenvalue weighted by Crippen LogP contribution is -2.21. The van der Waals surface area contributed by atoms with Crippen LogP contribution in [0.3, 0.4) is 0 Å². The molecule has 1 aromatic carbocycles. The zero-order valence-electron chi connectivity index (χ0n) is 13.6. The molecule has 7 nitrogen and oxygen atoms in total. The van der Waals surface area contributed by atoms with Crippen molar-refractivity contribution in [1.82, 2.24) is 9.97 Å². The van der Waals surface area contributed by atoms with E-state index in [0.29, 0.717) is 5.69 Å². The van der Waals surface area contributed by atoms with Gasteiger partial charge >= 0.3 is 6.61 Å². The number of carbonyl (C=O) groups excluding carboxylic acids is 1. The molecule has 1 atom stereocenters. The number of benzene rings is 1. The number of ether oxygens (including phenoxy) is 2. The first-order valence-electron chi connectivity index (χ1n) is 7.34. The Morgan fingerprint density at radius 1 is 1.28 bits per heavy atom. The number of phenolic OH excluding ortho intramolecular Hbond substituents is 1.